The van der Waals surface area contributed by atoms with Crippen LogP contribution in [0.3, 0.4) is 0 Å². The predicted molar refractivity (Wildman–Crippen MR) is 85.4 cm³/mol. The van der Waals surface area contributed by atoms with Crippen molar-refractivity contribution in [3.8, 4) is 0 Å². The van der Waals surface area contributed by atoms with E-state index in [2.05, 4.69) is 42.3 Å². The number of nitrogens with one attached hydrogen (secondary N) is 1. The maximum absolute atomic E-state index is 4.40. The number of hydrogen-bond acceptors (Lipinski definition) is 3. The third kappa shape index (κ3) is 2.94. The molecule has 0 radical (unpaired) electrons. The van der Waals surface area contributed by atoms with Crippen molar-refractivity contribution >= 4 is 11.3 Å². The van der Waals surface area contributed by atoms with Crippen LogP contribution in [0.2, 0.25) is 0 Å². The highest BCUT2D eigenvalue weighted by molar-refractivity contribution is 7.11. The number of aryl methyl sites for hydroxylation is 3. The van der Waals surface area contributed by atoms with E-state index >= 15 is 0 Å². The van der Waals surface area contributed by atoms with E-state index in [0.29, 0.717) is 6.04 Å². The minimum absolute atomic E-state index is 0.394. The van der Waals surface area contributed by atoms with Gasteiger partial charge in [-0.15, -0.1) is 11.3 Å². The van der Waals surface area contributed by atoms with Gasteiger partial charge in [0.1, 0.15) is 0 Å². The van der Waals surface area contributed by atoms with Crippen LogP contribution in [0.15, 0.2) is 24.4 Å². The van der Waals surface area contributed by atoms with Gasteiger partial charge in [0.25, 0.3) is 0 Å². The van der Waals surface area contributed by atoms with Gasteiger partial charge in [-0.25, -0.2) is 4.98 Å². The third-order valence-electron chi connectivity index (χ3n) is 4.04. The summed E-state index contributed by atoms with van der Waals surface area (Å²) in [5.41, 5.74) is 4.57. The molecule has 0 saturated carbocycles. The Balaban J connectivity index is 1.79. The van der Waals surface area contributed by atoms with Crippen molar-refractivity contribution in [3.05, 3.63) is 51.0 Å². The summed E-state index contributed by atoms with van der Waals surface area (Å²) in [5.74, 6) is 0. The van der Waals surface area contributed by atoms with Crippen molar-refractivity contribution in [1.29, 1.82) is 0 Å². The van der Waals surface area contributed by atoms with Crippen molar-refractivity contribution < 1.29 is 0 Å². The Morgan fingerprint density at radius 1 is 1.30 bits per heavy atom. The molecular formula is C17H22N2S. The zero-order valence-corrected chi connectivity index (χ0v) is 13.1. The summed E-state index contributed by atoms with van der Waals surface area (Å²) >= 11 is 1.81. The van der Waals surface area contributed by atoms with Crippen molar-refractivity contribution in [3.63, 3.8) is 0 Å². The molecule has 0 fully saturated rings. The molecule has 0 saturated heterocycles. The third-order valence-corrected chi connectivity index (χ3v) is 5.06. The minimum Gasteiger partial charge on any atom is -0.309 e. The summed E-state index contributed by atoms with van der Waals surface area (Å²) in [5, 5.41) is 4.75. The highest BCUT2D eigenvalue weighted by Gasteiger charge is 2.16. The topological polar surface area (TPSA) is 24.9 Å². The molecule has 1 N–H and O–H groups in total. The SMILES string of the molecule is CCNC(Cc1ccc2c(c1)CCC2)c1cnc(C)s1. The highest BCUT2D eigenvalue weighted by Crippen LogP contribution is 2.27. The molecule has 1 aliphatic rings. The van der Waals surface area contributed by atoms with Gasteiger partial charge in [0, 0.05) is 17.1 Å². The second-order valence-electron chi connectivity index (χ2n) is 5.55. The van der Waals surface area contributed by atoms with E-state index < -0.39 is 0 Å². The van der Waals surface area contributed by atoms with Crippen LogP contribution in [0.4, 0.5) is 0 Å². The van der Waals surface area contributed by atoms with Crippen molar-refractivity contribution in [2.45, 2.75) is 45.6 Å². The molecule has 3 heteroatoms. The number of likely N-dealkylation sites (N-methyl/N-ethyl adjacent to an activating group) is 1. The molecule has 0 amide bonds. The molecule has 0 aliphatic heterocycles. The van der Waals surface area contributed by atoms with Gasteiger partial charge in [-0.2, -0.15) is 0 Å². The summed E-state index contributed by atoms with van der Waals surface area (Å²) in [6, 6.07) is 7.45. The van der Waals surface area contributed by atoms with Crippen molar-refractivity contribution in [2.75, 3.05) is 6.54 Å². The van der Waals surface area contributed by atoms with Crippen LogP contribution in [-0.4, -0.2) is 11.5 Å². The number of aromatic nitrogens is 1. The van der Waals surface area contributed by atoms with Crippen LogP contribution in [0.25, 0.3) is 0 Å². The van der Waals surface area contributed by atoms with E-state index in [1.165, 1.54) is 29.7 Å². The molecule has 1 atom stereocenters. The van der Waals surface area contributed by atoms with Crippen LogP contribution in [0.1, 0.15) is 46.0 Å². The lowest BCUT2D eigenvalue weighted by molar-refractivity contribution is 0.557. The van der Waals surface area contributed by atoms with Crippen LogP contribution < -0.4 is 5.32 Å². The molecule has 1 heterocycles. The van der Waals surface area contributed by atoms with Gasteiger partial charge in [-0.3, -0.25) is 0 Å². The summed E-state index contributed by atoms with van der Waals surface area (Å²) in [7, 11) is 0. The van der Waals surface area contributed by atoms with E-state index in [1.54, 1.807) is 22.5 Å². The lowest BCUT2D eigenvalue weighted by Gasteiger charge is -2.16. The fraction of sp³-hybridized carbons (Fsp3) is 0.471. The Hall–Kier alpha value is -1.19. The molecule has 1 unspecified atom stereocenters. The number of benzene rings is 1. The normalized spacial score (nSPS) is 15.3. The van der Waals surface area contributed by atoms with E-state index in [0.717, 1.165) is 18.0 Å². The molecule has 0 bridgehead atoms. The second-order valence-corrected chi connectivity index (χ2v) is 6.82. The highest BCUT2D eigenvalue weighted by atomic mass is 32.1. The summed E-state index contributed by atoms with van der Waals surface area (Å²) < 4.78 is 0. The first-order chi connectivity index (χ1) is 9.76. The van der Waals surface area contributed by atoms with E-state index in [1.807, 2.05) is 6.20 Å². The largest absolute Gasteiger partial charge is 0.309 e. The fourth-order valence-corrected chi connectivity index (χ4v) is 3.91. The standard InChI is InChI=1S/C17H22N2S/c1-3-18-16(17-11-19-12(2)20-17)10-13-7-8-14-5-4-6-15(14)9-13/h7-9,11,16,18H,3-6,10H2,1-2H3. The Kier molecular flexibility index (Phi) is 4.18. The Morgan fingerprint density at radius 2 is 2.15 bits per heavy atom. The van der Waals surface area contributed by atoms with Crippen LogP contribution >= 0.6 is 11.3 Å². The first-order valence-corrected chi connectivity index (χ1v) is 8.34. The van der Waals surface area contributed by atoms with E-state index in [4.69, 9.17) is 0 Å². The molecule has 1 aromatic heterocycles. The molecule has 0 spiro atoms. The molecular weight excluding hydrogens is 264 g/mol. The maximum atomic E-state index is 4.40. The number of hydrogen-bond donors (Lipinski definition) is 1. The smallest absolute Gasteiger partial charge is 0.0897 e. The van der Waals surface area contributed by atoms with Crippen molar-refractivity contribution in [2.24, 2.45) is 0 Å². The Labute approximate surface area is 125 Å². The first-order valence-electron chi connectivity index (χ1n) is 7.52. The molecule has 2 aromatic rings. The lowest BCUT2D eigenvalue weighted by Crippen LogP contribution is -2.22. The van der Waals surface area contributed by atoms with Gasteiger partial charge < -0.3 is 5.32 Å². The summed E-state index contributed by atoms with van der Waals surface area (Å²) in [4.78, 5) is 5.75. The first kappa shape index (κ1) is 13.8. The van der Waals surface area contributed by atoms with Gasteiger partial charge in [0.15, 0.2) is 0 Å². The summed E-state index contributed by atoms with van der Waals surface area (Å²) in [6.45, 7) is 5.24. The van der Waals surface area contributed by atoms with E-state index in [9.17, 15) is 0 Å². The molecule has 106 valence electrons. The number of nitrogens with zero attached hydrogens (tertiary/aromatic N) is 1. The van der Waals surface area contributed by atoms with Gasteiger partial charge in [0.2, 0.25) is 0 Å². The molecule has 3 rings (SSSR count). The summed E-state index contributed by atoms with van der Waals surface area (Å²) in [6.07, 6.45) is 6.93. The molecule has 1 aromatic carbocycles. The van der Waals surface area contributed by atoms with Gasteiger partial charge in [-0.1, -0.05) is 25.1 Å². The molecule has 1 aliphatic carbocycles. The van der Waals surface area contributed by atoms with Gasteiger partial charge in [0.05, 0.1) is 5.01 Å². The Morgan fingerprint density at radius 3 is 2.90 bits per heavy atom. The minimum atomic E-state index is 0.394. The zero-order valence-electron chi connectivity index (χ0n) is 12.3. The average molecular weight is 286 g/mol. The zero-order chi connectivity index (χ0) is 13.9. The monoisotopic (exact) mass is 286 g/mol. The van der Waals surface area contributed by atoms with Gasteiger partial charge in [-0.05, 0) is 55.8 Å². The number of rotatable bonds is 5. The lowest BCUT2D eigenvalue weighted by atomic mass is 10.0. The second kappa shape index (κ2) is 6.06. The predicted octanol–water partition coefficient (Wildman–Crippen LogP) is 3.83. The van der Waals surface area contributed by atoms with Crippen LogP contribution in [0.5, 0.6) is 0 Å². The maximum Gasteiger partial charge on any atom is 0.0897 e. The Bertz CT molecular complexity index is 588. The number of thiazole rings is 1. The molecule has 20 heavy (non-hydrogen) atoms. The number of fused-ring (bicyclic) bond motifs is 1. The average Bonchev–Trinajstić information content (AvgIpc) is 3.06. The quantitative estimate of drug-likeness (QED) is 0.903. The van der Waals surface area contributed by atoms with Crippen LogP contribution in [-0.2, 0) is 19.3 Å². The van der Waals surface area contributed by atoms with Gasteiger partial charge >= 0.3 is 0 Å². The van der Waals surface area contributed by atoms with E-state index in [-0.39, 0.29) is 0 Å². The molecule has 2 nitrogen and oxygen atoms in total. The van der Waals surface area contributed by atoms with Crippen LogP contribution in [0, 0.1) is 6.92 Å². The fourth-order valence-electron chi connectivity index (χ4n) is 3.05. The van der Waals surface area contributed by atoms with Crippen molar-refractivity contribution in [1.82, 2.24) is 10.3 Å².